The summed E-state index contributed by atoms with van der Waals surface area (Å²) in [6, 6.07) is 31.6. The van der Waals surface area contributed by atoms with Crippen molar-refractivity contribution in [2.75, 3.05) is 13.1 Å². The van der Waals surface area contributed by atoms with E-state index in [9.17, 15) is 4.79 Å². The van der Waals surface area contributed by atoms with Gasteiger partial charge < -0.3 is 10.1 Å². The van der Waals surface area contributed by atoms with Crippen molar-refractivity contribution in [1.29, 1.82) is 0 Å². The van der Waals surface area contributed by atoms with Crippen LogP contribution >= 0.6 is 0 Å². The first-order valence-corrected chi connectivity index (χ1v) is 11.7. The van der Waals surface area contributed by atoms with Gasteiger partial charge in [0.25, 0.3) is 0 Å². The minimum Gasteiger partial charge on any atom is -0.372 e. The Labute approximate surface area is 195 Å². The normalized spacial score (nSPS) is 18.3. The van der Waals surface area contributed by atoms with Crippen molar-refractivity contribution in [3.05, 3.63) is 108 Å². The Kier molecular flexibility index (Phi) is 6.34. The van der Waals surface area contributed by atoms with Gasteiger partial charge in [0.2, 0.25) is 0 Å². The Hall–Kier alpha value is -3.27. The molecule has 1 aliphatic rings. The van der Waals surface area contributed by atoms with Crippen LogP contribution in [0.15, 0.2) is 91.0 Å². The second-order valence-corrected chi connectivity index (χ2v) is 8.89. The number of hydrogen-bond donors (Lipinski definition) is 1. The van der Waals surface area contributed by atoms with Crippen molar-refractivity contribution in [3.63, 3.8) is 0 Å². The molecule has 1 aliphatic heterocycles. The van der Waals surface area contributed by atoms with Gasteiger partial charge in [-0.3, -0.25) is 4.79 Å². The average molecular weight is 436 g/mol. The molecule has 0 aliphatic carbocycles. The van der Waals surface area contributed by atoms with Gasteiger partial charge in [0.15, 0.2) is 5.78 Å². The highest BCUT2D eigenvalue weighted by molar-refractivity contribution is 5.95. The number of nitrogens with one attached hydrogen (secondary N) is 1. The van der Waals surface area contributed by atoms with Gasteiger partial charge in [0.05, 0.1) is 12.7 Å². The van der Waals surface area contributed by atoms with E-state index in [4.69, 9.17) is 4.74 Å². The monoisotopic (exact) mass is 435 g/mol. The molecule has 0 saturated carbocycles. The number of carbonyl (C=O) groups is 1. The van der Waals surface area contributed by atoms with E-state index in [1.54, 1.807) is 6.92 Å². The summed E-state index contributed by atoms with van der Waals surface area (Å²) in [7, 11) is 0. The van der Waals surface area contributed by atoms with Crippen LogP contribution in [-0.2, 0) is 11.3 Å². The molecule has 0 amide bonds. The standard InChI is InChI=1S/C30H29NO2/c1-21(32)24-8-4-9-26(17-24)27-10-5-11-28(18-27)29-14-15-31-19-30(29)33-20-22-12-13-23-6-2-3-7-25(23)16-22/h2-13,16-18,29-31H,14-15,19-20H2,1H3. The van der Waals surface area contributed by atoms with Crippen LogP contribution in [-0.4, -0.2) is 25.0 Å². The van der Waals surface area contributed by atoms with Gasteiger partial charge in [-0.25, -0.2) is 0 Å². The number of ether oxygens (including phenoxy) is 1. The Morgan fingerprint density at radius 2 is 1.67 bits per heavy atom. The van der Waals surface area contributed by atoms with E-state index in [1.807, 2.05) is 18.2 Å². The van der Waals surface area contributed by atoms with Crippen LogP contribution < -0.4 is 5.32 Å². The molecule has 0 bridgehead atoms. The van der Waals surface area contributed by atoms with E-state index in [-0.39, 0.29) is 11.9 Å². The maximum atomic E-state index is 11.8. The molecule has 33 heavy (non-hydrogen) atoms. The Morgan fingerprint density at radius 3 is 2.52 bits per heavy atom. The van der Waals surface area contributed by atoms with E-state index in [2.05, 4.69) is 78.1 Å². The zero-order chi connectivity index (χ0) is 22.6. The van der Waals surface area contributed by atoms with Crippen molar-refractivity contribution >= 4 is 16.6 Å². The first kappa shape index (κ1) is 21.6. The molecule has 3 nitrogen and oxygen atoms in total. The van der Waals surface area contributed by atoms with E-state index >= 15 is 0 Å². The van der Waals surface area contributed by atoms with Crippen molar-refractivity contribution < 1.29 is 9.53 Å². The Morgan fingerprint density at radius 1 is 0.879 bits per heavy atom. The molecule has 2 atom stereocenters. The molecule has 1 saturated heterocycles. The maximum absolute atomic E-state index is 11.8. The zero-order valence-corrected chi connectivity index (χ0v) is 19.0. The summed E-state index contributed by atoms with van der Waals surface area (Å²) < 4.78 is 6.47. The number of piperidine rings is 1. The molecule has 5 rings (SSSR count). The fourth-order valence-corrected chi connectivity index (χ4v) is 4.78. The molecule has 4 aromatic carbocycles. The largest absolute Gasteiger partial charge is 0.372 e. The third-order valence-corrected chi connectivity index (χ3v) is 6.62. The number of benzene rings is 4. The zero-order valence-electron chi connectivity index (χ0n) is 19.0. The van der Waals surface area contributed by atoms with E-state index in [0.29, 0.717) is 12.5 Å². The number of rotatable bonds is 6. The van der Waals surface area contributed by atoms with Crippen LogP contribution in [0.25, 0.3) is 21.9 Å². The topological polar surface area (TPSA) is 38.3 Å². The molecule has 0 aromatic heterocycles. The SMILES string of the molecule is CC(=O)c1cccc(-c2cccc(C3CCNCC3OCc3ccc4ccccc4c3)c2)c1. The van der Waals surface area contributed by atoms with Crippen molar-refractivity contribution in [2.45, 2.75) is 32.0 Å². The highest BCUT2D eigenvalue weighted by Crippen LogP contribution is 2.32. The summed E-state index contributed by atoms with van der Waals surface area (Å²) in [5, 5.41) is 6.01. The molecule has 0 radical (unpaired) electrons. The smallest absolute Gasteiger partial charge is 0.159 e. The van der Waals surface area contributed by atoms with E-state index in [1.165, 1.54) is 21.9 Å². The lowest BCUT2D eigenvalue weighted by Gasteiger charge is -2.33. The average Bonchev–Trinajstić information content (AvgIpc) is 2.87. The van der Waals surface area contributed by atoms with Gasteiger partial charge in [-0.05, 0) is 65.0 Å². The predicted molar refractivity (Wildman–Crippen MR) is 135 cm³/mol. The fraction of sp³-hybridized carbons (Fsp3) is 0.233. The Balaban J connectivity index is 1.35. The molecule has 1 heterocycles. The molecule has 0 spiro atoms. The first-order chi connectivity index (χ1) is 16.2. The molecular weight excluding hydrogens is 406 g/mol. The molecule has 166 valence electrons. The lowest BCUT2D eigenvalue weighted by atomic mass is 9.86. The van der Waals surface area contributed by atoms with Gasteiger partial charge in [-0.2, -0.15) is 0 Å². The van der Waals surface area contributed by atoms with Gasteiger partial charge in [0, 0.05) is 18.0 Å². The van der Waals surface area contributed by atoms with E-state index < -0.39 is 0 Å². The third kappa shape index (κ3) is 4.90. The van der Waals surface area contributed by atoms with Gasteiger partial charge >= 0.3 is 0 Å². The first-order valence-electron chi connectivity index (χ1n) is 11.7. The summed E-state index contributed by atoms with van der Waals surface area (Å²) >= 11 is 0. The highest BCUT2D eigenvalue weighted by atomic mass is 16.5. The molecule has 2 unspecified atom stereocenters. The molecule has 1 N–H and O–H groups in total. The quantitative estimate of drug-likeness (QED) is 0.358. The van der Waals surface area contributed by atoms with Crippen LogP contribution in [0.4, 0.5) is 0 Å². The van der Waals surface area contributed by atoms with Crippen molar-refractivity contribution in [2.24, 2.45) is 0 Å². The minimum atomic E-state index is 0.0912. The summed E-state index contributed by atoms with van der Waals surface area (Å²) in [6.07, 6.45) is 1.16. The predicted octanol–water partition coefficient (Wildman–Crippen LogP) is 6.37. The lowest BCUT2D eigenvalue weighted by Crippen LogP contribution is -2.41. The second-order valence-electron chi connectivity index (χ2n) is 8.89. The summed E-state index contributed by atoms with van der Waals surface area (Å²) in [5.41, 5.74) is 5.46. The second kappa shape index (κ2) is 9.70. The molecule has 4 aromatic rings. The number of carbonyl (C=O) groups excluding carboxylic acids is 1. The van der Waals surface area contributed by atoms with Crippen LogP contribution in [0.2, 0.25) is 0 Å². The number of hydrogen-bond acceptors (Lipinski definition) is 3. The summed E-state index contributed by atoms with van der Waals surface area (Å²) in [4.78, 5) is 11.8. The number of ketones is 1. The highest BCUT2D eigenvalue weighted by Gasteiger charge is 2.27. The summed E-state index contributed by atoms with van der Waals surface area (Å²) in [6.45, 7) is 4.06. The fourth-order valence-electron chi connectivity index (χ4n) is 4.78. The number of fused-ring (bicyclic) bond motifs is 1. The maximum Gasteiger partial charge on any atom is 0.159 e. The van der Waals surface area contributed by atoms with Crippen molar-refractivity contribution in [3.8, 4) is 11.1 Å². The van der Waals surface area contributed by atoms with Gasteiger partial charge in [-0.15, -0.1) is 0 Å². The van der Waals surface area contributed by atoms with Crippen LogP contribution in [0.3, 0.4) is 0 Å². The third-order valence-electron chi connectivity index (χ3n) is 6.62. The molecule has 3 heteroatoms. The molecule has 1 fully saturated rings. The van der Waals surface area contributed by atoms with E-state index in [0.717, 1.165) is 36.2 Å². The number of Topliss-reactive ketones (excluding diaryl/α,β-unsaturated/α-hetero) is 1. The van der Waals surface area contributed by atoms with Crippen LogP contribution in [0.5, 0.6) is 0 Å². The molecular formula is C30H29NO2. The van der Waals surface area contributed by atoms with Crippen LogP contribution in [0, 0.1) is 0 Å². The minimum absolute atomic E-state index is 0.0912. The summed E-state index contributed by atoms with van der Waals surface area (Å²) in [5.74, 6) is 0.427. The van der Waals surface area contributed by atoms with Gasteiger partial charge in [0.1, 0.15) is 0 Å². The Bertz CT molecular complexity index is 1280. The van der Waals surface area contributed by atoms with Crippen molar-refractivity contribution in [1.82, 2.24) is 5.32 Å². The van der Waals surface area contributed by atoms with Crippen LogP contribution in [0.1, 0.15) is 40.7 Å². The lowest BCUT2D eigenvalue weighted by molar-refractivity contribution is 0.0107. The van der Waals surface area contributed by atoms with Gasteiger partial charge in [-0.1, -0.05) is 78.9 Å².